The zero-order chi connectivity index (χ0) is 14.8. The van der Waals surface area contributed by atoms with Crippen LogP contribution < -0.4 is 5.32 Å². The minimum absolute atomic E-state index is 0.175. The van der Waals surface area contributed by atoms with Gasteiger partial charge in [0.05, 0.1) is 17.6 Å². The number of likely N-dealkylation sites (N-methyl/N-ethyl adjacent to an activating group) is 1. The van der Waals surface area contributed by atoms with Crippen LogP contribution in [0.2, 0.25) is 0 Å². The van der Waals surface area contributed by atoms with Crippen molar-refractivity contribution in [3.05, 3.63) is 29.6 Å². The quantitative estimate of drug-likeness (QED) is 0.904. The van der Waals surface area contributed by atoms with Crippen molar-refractivity contribution in [2.75, 3.05) is 26.7 Å². The number of hydrogen-bond acceptors (Lipinski definition) is 3. The van der Waals surface area contributed by atoms with Crippen molar-refractivity contribution in [1.29, 1.82) is 0 Å². The van der Waals surface area contributed by atoms with Crippen LogP contribution in [-0.2, 0) is 4.79 Å². The summed E-state index contributed by atoms with van der Waals surface area (Å²) in [5.41, 5.74) is 3.32. The Kier molecular flexibility index (Phi) is 3.92. The second-order valence-electron chi connectivity index (χ2n) is 5.80. The maximum Gasteiger partial charge on any atom is 0.236 e. The van der Waals surface area contributed by atoms with E-state index in [9.17, 15) is 4.79 Å². The van der Waals surface area contributed by atoms with Gasteiger partial charge in [-0.2, -0.15) is 0 Å². The van der Waals surface area contributed by atoms with Gasteiger partial charge >= 0.3 is 0 Å². The van der Waals surface area contributed by atoms with Crippen molar-refractivity contribution < 1.29 is 4.79 Å². The Morgan fingerprint density at radius 1 is 1.52 bits per heavy atom. The molecule has 2 N–H and O–H groups in total. The normalized spacial score (nSPS) is 19.1. The fraction of sp³-hybridized carbons (Fsp3) is 0.500. The number of nitrogens with one attached hydrogen (secondary N) is 2. The van der Waals surface area contributed by atoms with Crippen LogP contribution in [0.4, 0.5) is 0 Å². The summed E-state index contributed by atoms with van der Waals surface area (Å²) in [5, 5.41) is 2.93. The monoisotopic (exact) mass is 286 g/mol. The molecule has 1 aromatic heterocycles. The van der Waals surface area contributed by atoms with Crippen molar-refractivity contribution in [2.45, 2.75) is 25.7 Å². The van der Waals surface area contributed by atoms with E-state index in [1.54, 1.807) is 7.05 Å². The Labute approximate surface area is 124 Å². The fourth-order valence-electron chi connectivity index (χ4n) is 3.08. The lowest BCUT2D eigenvalue weighted by atomic mass is 9.97. The molecule has 1 atom stereocenters. The van der Waals surface area contributed by atoms with Gasteiger partial charge in [-0.1, -0.05) is 12.1 Å². The van der Waals surface area contributed by atoms with Crippen LogP contribution in [0.3, 0.4) is 0 Å². The number of piperidine rings is 1. The third-order valence-electron chi connectivity index (χ3n) is 4.22. The van der Waals surface area contributed by atoms with Crippen LogP contribution in [0.25, 0.3) is 11.0 Å². The summed E-state index contributed by atoms with van der Waals surface area (Å²) in [6.45, 7) is 4.11. The van der Waals surface area contributed by atoms with Crippen LogP contribution >= 0.6 is 0 Å². The summed E-state index contributed by atoms with van der Waals surface area (Å²) in [5.74, 6) is 1.50. The lowest BCUT2D eigenvalue weighted by Crippen LogP contribution is -2.43. The molecular formula is C16H22N4O. The van der Waals surface area contributed by atoms with Crippen LogP contribution in [0, 0.1) is 6.92 Å². The van der Waals surface area contributed by atoms with Gasteiger partial charge < -0.3 is 15.2 Å². The van der Waals surface area contributed by atoms with Gasteiger partial charge in [-0.15, -0.1) is 0 Å². The average molecular weight is 286 g/mol. The highest BCUT2D eigenvalue weighted by molar-refractivity contribution is 5.79. The first kappa shape index (κ1) is 14.1. The Morgan fingerprint density at radius 3 is 3.14 bits per heavy atom. The third kappa shape index (κ3) is 2.78. The number of H-pyrrole nitrogens is 1. The molecule has 2 heterocycles. The van der Waals surface area contributed by atoms with E-state index < -0.39 is 0 Å². The fourth-order valence-corrected chi connectivity index (χ4v) is 3.08. The van der Waals surface area contributed by atoms with E-state index in [2.05, 4.69) is 29.4 Å². The van der Waals surface area contributed by atoms with E-state index >= 15 is 0 Å². The van der Waals surface area contributed by atoms with E-state index in [0.29, 0.717) is 12.5 Å². The minimum atomic E-state index is 0.175. The molecular weight excluding hydrogens is 264 g/mol. The Bertz CT molecular complexity index is 649. The van der Waals surface area contributed by atoms with Crippen molar-refractivity contribution in [1.82, 2.24) is 20.2 Å². The molecule has 0 aliphatic carbocycles. The van der Waals surface area contributed by atoms with E-state index in [0.717, 1.165) is 42.8 Å². The molecule has 1 aliphatic rings. The summed E-state index contributed by atoms with van der Waals surface area (Å²) in [7, 11) is 1.81. The second kappa shape index (κ2) is 5.85. The lowest BCUT2D eigenvalue weighted by molar-refractivity contribution is -0.131. The van der Waals surface area contributed by atoms with Gasteiger partial charge in [-0.25, -0.2) is 4.98 Å². The van der Waals surface area contributed by atoms with E-state index in [4.69, 9.17) is 4.98 Å². The zero-order valence-electron chi connectivity index (χ0n) is 12.6. The first-order valence-electron chi connectivity index (χ1n) is 7.56. The molecule has 1 amide bonds. The van der Waals surface area contributed by atoms with Crippen molar-refractivity contribution in [3.63, 3.8) is 0 Å². The van der Waals surface area contributed by atoms with Gasteiger partial charge in [0, 0.05) is 19.0 Å². The van der Waals surface area contributed by atoms with Crippen molar-refractivity contribution in [2.24, 2.45) is 0 Å². The highest BCUT2D eigenvalue weighted by atomic mass is 16.2. The van der Waals surface area contributed by atoms with E-state index in [1.165, 1.54) is 5.56 Å². The average Bonchev–Trinajstić information content (AvgIpc) is 2.93. The van der Waals surface area contributed by atoms with Crippen molar-refractivity contribution >= 4 is 16.9 Å². The smallest absolute Gasteiger partial charge is 0.236 e. The molecule has 0 bridgehead atoms. The molecule has 0 unspecified atom stereocenters. The highest BCUT2D eigenvalue weighted by Crippen LogP contribution is 2.27. The number of aryl methyl sites for hydroxylation is 1. The predicted octanol–water partition coefficient (Wildman–Crippen LogP) is 1.80. The number of aromatic nitrogens is 2. The van der Waals surface area contributed by atoms with Gasteiger partial charge in [0.25, 0.3) is 0 Å². The SMILES string of the molecule is CNCC(=O)N1CCC[C@H](c2nc3c(C)cccc3[nH]2)C1. The molecule has 1 fully saturated rings. The summed E-state index contributed by atoms with van der Waals surface area (Å²) >= 11 is 0. The van der Waals surface area contributed by atoms with E-state index in [-0.39, 0.29) is 5.91 Å². The van der Waals surface area contributed by atoms with Crippen LogP contribution in [-0.4, -0.2) is 47.5 Å². The Balaban J connectivity index is 1.81. The maximum absolute atomic E-state index is 12.0. The molecule has 0 spiro atoms. The molecule has 3 rings (SSSR count). The molecule has 2 aromatic rings. The summed E-state index contributed by atoms with van der Waals surface area (Å²) in [6.07, 6.45) is 2.12. The number of aromatic amines is 1. The summed E-state index contributed by atoms with van der Waals surface area (Å²) < 4.78 is 0. The topological polar surface area (TPSA) is 61.0 Å². The van der Waals surface area contributed by atoms with Gasteiger partial charge in [-0.3, -0.25) is 4.79 Å². The number of hydrogen-bond donors (Lipinski definition) is 2. The molecule has 1 aromatic carbocycles. The van der Waals surface area contributed by atoms with Gasteiger partial charge in [0.15, 0.2) is 0 Å². The number of benzene rings is 1. The minimum Gasteiger partial charge on any atom is -0.342 e. The number of imidazole rings is 1. The Morgan fingerprint density at radius 2 is 2.38 bits per heavy atom. The van der Waals surface area contributed by atoms with Gasteiger partial charge in [0.1, 0.15) is 5.82 Å². The molecule has 0 radical (unpaired) electrons. The predicted molar refractivity (Wildman–Crippen MR) is 83.3 cm³/mol. The number of rotatable bonds is 3. The molecule has 21 heavy (non-hydrogen) atoms. The molecule has 112 valence electrons. The molecule has 1 saturated heterocycles. The molecule has 0 saturated carbocycles. The largest absolute Gasteiger partial charge is 0.342 e. The van der Waals surface area contributed by atoms with Crippen LogP contribution in [0.1, 0.15) is 30.1 Å². The number of carbonyl (C=O) groups is 1. The zero-order valence-corrected chi connectivity index (χ0v) is 12.6. The van der Waals surface area contributed by atoms with Crippen LogP contribution in [0.5, 0.6) is 0 Å². The first-order chi connectivity index (χ1) is 10.2. The summed E-state index contributed by atoms with van der Waals surface area (Å²) in [4.78, 5) is 22.2. The lowest BCUT2D eigenvalue weighted by Gasteiger charge is -2.31. The second-order valence-corrected chi connectivity index (χ2v) is 5.80. The Hall–Kier alpha value is -1.88. The number of amides is 1. The number of carbonyl (C=O) groups excluding carboxylic acids is 1. The van der Waals surface area contributed by atoms with Gasteiger partial charge in [0.2, 0.25) is 5.91 Å². The first-order valence-corrected chi connectivity index (χ1v) is 7.56. The molecule has 1 aliphatic heterocycles. The van der Waals surface area contributed by atoms with Crippen molar-refractivity contribution in [3.8, 4) is 0 Å². The third-order valence-corrected chi connectivity index (χ3v) is 4.22. The highest BCUT2D eigenvalue weighted by Gasteiger charge is 2.26. The number of nitrogens with zero attached hydrogens (tertiary/aromatic N) is 2. The molecule has 5 heteroatoms. The van der Waals surface area contributed by atoms with E-state index in [1.807, 2.05) is 11.0 Å². The number of fused-ring (bicyclic) bond motifs is 1. The standard InChI is InChI=1S/C16H22N4O/c1-11-5-3-7-13-15(11)19-16(18-13)12-6-4-8-20(10-12)14(21)9-17-2/h3,5,7,12,17H,4,6,8-10H2,1-2H3,(H,18,19)/t12-/m0/s1. The number of likely N-dealkylation sites (tertiary alicyclic amines) is 1. The van der Waals surface area contributed by atoms with Crippen LogP contribution in [0.15, 0.2) is 18.2 Å². The molecule has 5 nitrogen and oxygen atoms in total. The maximum atomic E-state index is 12.0. The number of para-hydroxylation sites is 1. The van der Waals surface area contributed by atoms with Gasteiger partial charge in [-0.05, 0) is 38.4 Å². The summed E-state index contributed by atoms with van der Waals surface area (Å²) in [6, 6.07) is 6.19.